The van der Waals surface area contributed by atoms with Crippen LogP contribution in [0.4, 0.5) is 0 Å². The minimum Gasteiger partial charge on any atom is -0.472 e. The van der Waals surface area contributed by atoms with E-state index in [2.05, 4.69) is 33.6 Å². The number of likely N-dealkylation sites (N-methyl/N-ethyl adjacent to an activating group) is 1. The zero-order chi connectivity index (χ0) is 25.5. The SMILES string of the molecule is C[C@@H]1CN([C@@H](C)CO)C(=O)c2cc(C#Cc3ccccc3)cnc2O[C@H]1CN(C)Cc1ccccn1. The molecular formula is C29H32N4O3. The Bertz CT molecular complexity index is 1220. The van der Waals surface area contributed by atoms with Crippen molar-refractivity contribution in [3.63, 3.8) is 0 Å². The number of aliphatic hydroxyl groups is 1. The molecule has 0 saturated carbocycles. The molecule has 3 heterocycles. The Balaban J connectivity index is 1.63. The van der Waals surface area contributed by atoms with Crippen LogP contribution in [0.2, 0.25) is 0 Å². The average molecular weight is 485 g/mol. The molecule has 1 amide bonds. The predicted octanol–water partition coefficient (Wildman–Crippen LogP) is 3.23. The summed E-state index contributed by atoms with van der Waals surface area (Å²) in [5.41, 5.74) is 2.85. The van der Waals surface area contributed by atoms with Crippen molar-refractivity contribution < 1.29 is 14.6 Å². The van der Waals surface area contributed by atoms with Crippen molar-refractivity contribution in [1.82, 2.24) is 19.8 Å². The van der Waals surface area contributed by atoms with Gasteiger partial charge in [-0.05, 0) is 44.3 Å². The average Bonchev–Trinajstić information content (AvgIpc) is 2.90. The van der Waals surface area contributed by atoms with Gasteiger partial charge in [0.05, 0.1) is 18.3 Å². The molecule has 0 spiro atoms. The summed E-state index contributed by atoms with van der Waals surface area (Å²) in [4.78, 5) is 26.4. The molecule has 1 aliphatic heterocycles. The number of carbonyl (C=O) groups is 1. The van der Waals surface area contributed by atoms with Gasteiger partial charge in [0.15, 0.2) is 0 Å². The van der Waals surface area contributed by atoms with Crippen LogP contribution >= 0.6 is 0 Å². The molecule has 0 fully saturated rings. The van der Waals surface area contributed by atoms with Gasteiger partial charge in [-0.25, -0.2) is 4.98 Å². The van der Waals surface area contributed by atoms with Crippen molar-refractivity contribution in [2.45, 2.75) is 32.5 Å². The Morgan fingerprint density at radius 1 is 1.14 bits per heavy atom. The minimum absolute atomic E-state index is 0.0154. The topological polar surface area (TPSA) is 78.8 Å². The highest BCUT2D eigenvalue weighted by Crippen LogP contribution is 2.27. The second-order valence-electron chi connectivity index (χ2n) is 9.33. The van der Waals surface area contributed by atoms with E-state index < -0.39 is 0 Å². The lowest BCUT2D eigenvalue weighted by Gasteiger charge is -2.37. The predicted molar refractivity (Wildman–Crippen MR) is 138 cm³/mol. The molecule has 1 aromatic carbocycles. The van der Waals surface area contributed by atoms with Crippen LogP contribution in [0.25, 0.3) is 0 Å². The summed E-state index contributed by atoms with van der Waals surface area (Å²) in [6.45, 7) is 5.55. The standard InChI is InChI=1S/C29H32N4O3/c1-21-17-33(22(2)20-34)29(35)26-15-24(13-12-23-9-5-4-6-10-23)16-31-28(26)36-27(21)19-32(3)18-25-11-7-8-14-30-25/h4-11,14-16,21-22,27,34H,17-20H2,1-3H3/t21-,22+,27+/m1/s1. The Morgan fingerprint density at radius 3 is 2.61 bits per heavy atom. The number of hydrogen-bond donors (Lipinski definition) is 1. The molecule has 0 aliphatic carbocycles. The summed E-state index contributed by atoms with van der Waals surface area (Å²) in [6, 6.07) is 16.9. The fraction of sp³-hybridized carbons (Fsp3) is 0.345. The molecular weight excluding hydrogens is 452 g/mol. The van der Waals surface area contributed by atoms with Crippen molar-refractivity contribution in [3.8, 4) is 17.7 Å². The highest BCUT2D eigenvalue weighted by atomic mass is 16.5. The van der Waals surface area contributed by atoms with Crippen molar-refractivity contribution in [2.75, 3.05) is 26.7 Å². The van der Waals surface area contributed by atoms with E-state index in [1.54, 1.807) is 23.4 Å². The van der Waals surface area contributed by atoms with Crippen molar-refractivity contribution >= 4 is 5.91 Å². The Kier molecular flexibility index (Phi) is 8.32. The monoisotopic (exact) mass is 484 g/mol. The Morgan fingerprint density at radius 2 is 1.89 bits per heavy atom. The van der Waals surface area contributed by atoms with Crippen LogP contribution in [0.3, 0.4) is 0 Å². The van der Waals surface area contributed by atoms with Gasteiger partial charge < -0.3 is 14.7 Å². The van der Waals surface area contributed by atoms with Crippen LogP contribution in [0.1, 0.15) is 41.0 Å². The normalized spacial score (nSPS) is 18.4. The van der Waals surface area contributed by atoms with E-state index in [0.717, 1.165) is 11.3 Å². The third-order valence-corrected chi connectivity index (χ3v) is 6.30. The van der Waals surface area contributed by atoms with E-state index in [1.165, 1.54) is 0 Å². The zero-order valence-electron chi connectivity index (χ0n) is 21.0. The zero-order valence-corrected chi connectivity index (χ0v) is 21.0. The number of benzene rings is 1. The molecule has 3 aromatic rings. The Labute approximate surface area is 212 Å². The van der Waals surface area contributed by atoms with Gasteiger partial charge in [0, 0.05) is 49.1 Å². The van der Waals surface area contributed by atoms with E-state index in [9.17, 15) is 9.90 Å². The molecule has 1 N–H and O–H groups in total. The third-order valence-electron chi connectivity index (χ3n) is 6.30. The first-order chi connectivity index (χ1) is 17.4. The summed E-state index contributed by atoms with van der Waals surface area (Å²) in [5.74, 6) is 6.31. The van der Waals surface area contributed by atoms with Gasteiger partial charge in [0.25, 0.3) is 5.91 Å². The van der Waals surface area contributed by atoms with Crippen molar-refractivity contribution in [2.24, 2.45) is 5.92 Å². The van der Waals surface area contributed by atoms with E-state index in [4.69, 9.17) is 4.74 Å². The lowest BCUT2D eigenvalue weighted by Crippen LogP contribution is -2.49. The molecule has 2 aromatic heterocycles. The number of carbonyl (C=O) groups excluding carboxylic acids is 1. The number of rotatable bonds is 6. The molecule has 0 radical (unpaired) electrons. The summed E-state index contributed by atoms with van der Waals surface area (Å²) >= 11 is 0. The Hall–Kier alpha value is -3.73. The highest BCUT2D eigenvalue weighted by molar-refractivity contribution is 5.97. The van der Waals surface area contributed by atoms with Gasteiger partial charge >= 0.3 is 0 Å². The smallest absolute Gasteiger partial charge is 0.259 e. The van der Waals surface area contributed by atoms with Crippen LogP contribution in [-0.2, 0) is 6.54 Å². The largest absolute Gasteiger partial charge is 0.472 e. The maximum atomic E-state index is 13.6. The summed E-state index contributed by atoms with van der Waals surface area (Å²) in [6.07, 6.45) is 3.21. The molecule has 7 heteroatoms. The molecule has 0 unspecified atom stereocenters. The van der Waals surface area contributed by atoms with Gasteiger partial charge in [0.2, 0.25) is 5.88 Å². The first-order valence-electron chi connectivity index (χ1n) is 12.2. The molecule has 36 heavy (non-hydrogen) atoms. The lowest BCUT2D eigenvalue weighted by atomic mass is 10.00. The lowest BCUT2D eigenvalue weighted by molar-refractivity contribution is 0.0324. The number of aliphatic hydroxyl groups excluding tert-OH is 1. The first kappa shape index (κ1) is 25.4. The number of fused-ring (bicyclic) bond motifs is 1. The quantitative estimate of drug-likeness (QED) is 0.542. The summed E-state index contributed by atoms with van der Waals surface area (Å²) in [7, 11) is 2.03. The summed E-state index contributed by atoms with van der Waals surface area (Å²) < 4.78 is 6.38. The van der Waals surface area contributed by atoms with Crippen LogP contribution < -0.4 is 4.74 Å². The number of hydrogen-bond acceptors (Lipinski definition) is 6. The van der Waals surface area contributed by atoms with E-state index >= 15 is 0 Å². The number of pyridine rings is 2. The molecule has 4 rings (SSSR count). The van der Waals surface area contributed by atoms with Crippen LogP contribution in [0.5, 0.6) is 5.88 Å². The van der Waals surface area contributed by atoms with Gasteiger partial charge in [-0.3, -0.25) is 14.7 Å². The second kappa shape index (κ2) is 11.8. The number of ether oxygens (including phenoxy) is 1. The number of nitrogens with zero attached hydrogens (tertiary/aromatic N) is 4. The molecule has 186 valence electrons. The minimum atomic E-state index is -0.336. The van der Waals surface area contributed by atoms with E-state index in [-0.39, 0.29) is 30.6 Å². The molecule has 1 aliphatic rings. The fourth-order valence-corrected chi connectivity index (χ4v) is 4.19. The van der Waals surface area contributed by atoms with Gasteiger partial charge in [-0.1, -0.05) is 43.0 Å². The van der Waals surface area contributed by atoms with Gasteiger partial charge in [0.1, 0.15) is 11.7 Å². The molecule has 0 saturated heterocycles. The van der Waals surface area contributed by atoms with Crippen LogP contribution in [0, 0.1) is 17.8 Å². The molecule has 7 nitrogen and oxygen atoms in total. The fourth-order valence-electron chi connectivity index (χ4n) is 4.19. The van der Waals surface area contributed by atoms with Crippen LogP contribution in [-0.4, -0.2) is 69.7 Å². The van der Waals surface area contributed by atoms with E-state index in [0.29, 0.717) is 36.6 Å². The maximum absolute atomic E-state index is 13.6. The van der Waals surface area contributed by atoms with E-state index in [1.807, 2.05) is 62.5 Å². The second-order valence-corrected chi connectivity index (χ2v) is 9.33. The van der Waals surface area contributed by atoms with Gasteiger partial charge in [-0.2, -0.15) is 0 Å². The van der Waals surface area contributed by atoms with Crippen LogP contribution in [0.15, 0.2) is 67.0 Å². The van der Waals surface area contributed by atoms with Crippen molar-refractivity contribution in [3.05, 3.63) is 89.4 Å². The molecule has 3 atom stereocenters. The third kappa shape index (κ3) is 6.28. The molecule has 0 bridgehead atoms. The number of aromatic nitrogens is 2. The van der Waals surface area contributed by atoms with Gasteiger partial charge in [-0.15, -0.1) is 0 Å². The first-order valence-corrected chi connectivity index (χ1v) is 12.2. The number of amides is 1. The summed E-state index contributed by atoms with van der Waals surface area (Å²) in [5, 5.41) is 9.86. The van der Waals surface area contributed by atoms with Crippen molar-refractivity contribution in [1.29, 1.82) is 0 Å². The maximum Gasteiger partial charge on any atom is 0.259 e. The highest BCUT2D eigenvalue weighted by Gasteiger charge is 2.34.